The lowest BCUT2D eigenvalue weighted by atomic mass is 10.1. The van der Waals surface area contributed by atoms with Crippen LogP contribution in [0.3, 0.4) is 0 Å². The molecule has 0 fully saturated rings. The standard InChI is InChI=1S/C12H13Br2NS2/c1-2-15-9(10-3-4-12(14)17-10)7-11-8(13)5-6-16-11/h3-6,9,15H,2,7H2,1H3. The fourth-order valence-corrected chi connectivity index (χ4v) is 4.75. The summed E-state index contributed by atoms with van der Waals surface area (Å²) < 4.78 is 2.42. The lowest BCUT2D eigenvalue weighted by molar-refractivity contribution is 0.561. The number of halogens is 2. The third-order valence-corrected chi connectivity index (χ3v) is 6.15. The Morgan fingerprint density at radius 2 is 2.12 bits per heavy atom. The molecule has 2 heterocycles. The molecule has 1 N–H and O–H groups in total. The maximum atomic E-state index is 3.60. The van der Waals surface area contributed by atoms with Crippen LogP contribution in [-0.2, 0) is 6.42 Å². The Morgan fingerprint density at radius 3 is 2.65 bits per heavy atom. The normalized spacial score (nSPS) is 12.9. The molecule has 0 aliphatic heterocycles. The molecule has 1 atom stereocenters. The monoisotopic (exact) mass is 393 g/mol. The highest BCUT2D eigenvalue weighted by Crippen LogP contribution is 2.32. The first-order chi connectivity index (χ1) is 8.20. The number of thiophene rings is 2. The van der Waals surface area contributed by atoms with E-state index in [0.717, 1.165) is 13.0 Å². The highest BCUT2D eigenvalue weighted by molar-refractivity contribution is 9.11. The minimum absolute atomic E-state index is 0.409. The zero-order valence-electron chi connectivity index (χ0n) is 9.37. The summed E-state index contributed by atoms with van der Waals surface area (Å²) in [7, 11) is 0. The zero-order valence-corrected chi connectivity index (χ0v) is 14.2. The van der Waals surface area contributed by atoms with Gasteiger partial charge in [-0.25, -0.2) is 0 Å². The second-order valence-electron chi connectivity index (χ2n) is 3.65. The Balaban J connectivity index is 2.15. The SMILES string of the molecule is CCNC(Cc1sccc1Br)c1ccc(Br)s1. The maximum Gasteiger partial charge on any atom is 0.0701 e. The van der Waals surface area contributed by atoms with E-state index in [1.165, 1.54) is 18.0 Å². The molecule has 1 unspecified atom stereocenters. The molecule has 2 rings (SSSR count). The van der Waals surface area contributed by atoms with E-state index in [4.69, 9.17) is 0 Å². The second-order valence-corrected chi connectivity index (χ2v) is 8.00. The van der Waals surface area contributed by atoms with Crippen molar-refractivity contribution in [1.82, 2.24) is 5.32 Å². The van der Waals surface area contributed by atoms with Crippen LogP contribution < -0.4 is 5.32 Å². The first-order valence-corrected chi connectivity index (χ1v) is 8.69. The smallest absolute Gasteiger partial charge is 0.0701 e. The van der Waals surface area contributed by atoms with Crippen LogP contribution in [0.25, 0.3) is 0 Å². The molecule has 2 aromatic rings. The predicted octanol–water partition coefficient (Wildman–Crippen LogP) is 5.23. The molecule has 92 valence electrons. The number of rotatable bonds is 5. The molecule has 0 radical (unpaired) electrons. The van der Waals surface area contributed by atoms with E-state index in [1.807, 2.05) is 11.3 Å². The summed E-state index contributed by atoms with van der Waals surface area (Å²) in [5, 5.41) is 5.68. The largest absolute Gasteiger partial charge is 0.309 e. The van der Waals surface area contributed by atoms with Crippen molar-refractivity contribution >= 4 is 54.5 Å². The molecule has 17 heavy (non-hydrogen) atoms. The molecule has 0 bridgehead atoms. The lowest BCUT2D eigenvalue weighted by Crippen LogP contribution is -2.21. The van der Waals surface area contributed by atoms with Crippen LogP contribution in [0.1, 0.15) is 22.7 Å². The van der Waals surface area contributed by atoms with Crippen molar-refractivity contribution in [2.45, 2.75) is 19.4 Å². The van der Waals surface area contributed by atoms with Gasteiger partial charge in [-0.2, -0.15) is 0 Å². The van der Waals surface area contributed by atoms with Gasteiger partial charge in [0.15, 0.2) is 0 Å². The van der Waals surface area contributed by atoms with Gasteiger partial charge in [-0.1, -0.05) is 6.92 Å². The zero-order chi connectivity index (χ0) is 12.3. The molecule has 0 aromatic carbocycles. The Labute approximate surface area is 127 Å². The molecule has 5 heteroatoms. The summed E-state index contributed by atoms with van der Waals surface area (Å²) in [5.41, 5.74) is 0. The molecule has 0 saturated heterocycles. The lowest BCUT2D eigenvalue weighted by Gasteiger charge is -2.15. The first kappa shape index (κ1) is 13.7. The van der Waals surface area contributed by atoms with Gasteiger partial charge in [-0.05, 0) is 62.0 Å². The quantitative estimate of drug-likeness (QED) is 0.732. The molecule has 0 aliphatic carbocycles. The Kier molecular flexibility index (Phi) is 5.24. The van der Waals surface area contributed by atoms with Crippen LogP contribution in [0.15, 0.2) is 31.8 Å². The van der Waals surface area contributed by atoms with E-state index >= 15 is 0 Å². The number of hydrogen-bond acceptors (Lipinski definition) is 3. The van der Waals surface area contributed by atoms with Crippen LogP contribution in [0, 0.1) is 0 Å². The van der Waals surface area contributed by atoms with Crippen LogP contribution in [0.4, 0.5) is 0 Å². The fraction of sp³-hybridized carbons (Fsp3) is 0.333. The fourth-order valence-electron chi connectivity index (χ4n) is 1.69. The topological polar surface area (TPSA) is 12.0 Å². The third-order valence-electron chi connectivity index (χ3n) is 2.47. The molecule has 0 amide bonds. The van der Waals surface area contributed by atoms with E-state index in [-0.39, 0.29) is 0 Å². The Bertz CT molecular complexity index is 478. The minimum atomic E-state index is 0.409. The number of nitrogens with one attached hydrogen (secondary N) is 1. The van der Waals surface area contributed by atoms with Crippen molar-refractivity contribution in [3.05, 3.63) is 41.6 Å². The third kappa shape index (κ3) is 3.64. The summed E-state index contributed by atoms with van der Waals surface area (Å²) in [5.74, 6) is 0. The van der Waals surface area contributed by atoms with Gasteiger partial charge in [0.25, 0.3) is 0 Å². The predicted molar refractivity (Wildman–Crippen MR) is 84.2 cm³/mol. The molecule has 0 aliphatic rings. The van der Waals surface area contributed by atoms with Crippen molar-refractivity contribution in [2.75, 3.05) is 6.54 Å². The van der Waals surface area contributed by atoms with Gasteiger partial charge in [0.1, 0.15) is 0 Å². The highest BCUT2D eigenvalue weighted by atomic mass is 79.9. The first-order valence-electron chi connectivity index (χ1n) is 5.41. The summed E-state index contributed by atoms with van der Waals surface area (Å²) in [6.07, 6.45) is 1.04. The van der Waals surface area contributed by atoms with E-state index in [9.17, 15) is 0 Å². The molecular formula is C12H13Br2NS2. The molecule has 2 aromatic heterocycles. The Hall–Kier alpha value is 0.320. The Morgan fingerprint density at radius 1 is 1.29 bits per heavy atom. The van der Waals surface area contributed by atoms with E-state index in [2.05, 4.69) is 67.7 Å². The molecule has 1 nitrogen and oxygen atoms in total. The number of likely N-dealkylation sites (N-methyl/N-ethyl adjacent to an activating group) is 1. The van der Waals surface area contributed by atoms with Crippen LogP contribution >= 0.6 is 54.5 Å². The summed E-state index contributed by atoms with van der Waals surface area (Å²) >= 11 is 10.7. The summed E-state index contributed by atoms with van der Waals surface area (Å²) in [6.45, 7) is 3.14. The number of hydrogen-bond donors (Lipinski definition) is 1. The van der Waals surface area contributed by atoms with Crippen molar-refractivity contribution in [3.63, 3.8) is 0 Å². The van der Waals surface area contributed by atoms with Crippen LogP contribution in [0.2, 0.25) is 0 Å². The van der Waals surface area contributed by atoms with Gasteiger partial charge in [0.05, 0.1) is 3.79 Å². The second kappa shape index (κ2) is 6.48. The minimum Gasteiger partial charge on any atom is -0.309 e. The van der Waals surface area contributed by atoms with Crippen molar-refractivity contribution in [2.24, 2.45) is 0 Å². The highest BCUT2D eigenvalue weighted by Gasteiger charge is 2.15. The van der Waals surface area contributed by atoms with Crippen molar-refractivity contribution in [1.29, 1.82) is 0 Å². The van der Waals surface area contributed by atoms with E-state index < -0.39 is 0 Å². The van der Waals surface area contributed by atoms with E-state index in [1.54, 1.807) is 11.3 Å². The average molecular weight is 395 g/mol. The van der Waals surface area contributed by atoms with Gasteiger partial charge < -0.3 is 5.32 Å². The van der Waals surface area contributed by atoms with Crippen LogP contribution in [0.5, 0.6) is 0 Å². The molecule has 0 saturated carbocycles. The van der Waals surface area contributed by atoms with Gasteiger partial charge in [0.2, 0.25) is 0 Å². The summed E-state index contributed by atoms with van der Waals surface area (Å²) in [6, 6.07) is 6.84. The average Bonchev–Trinajstić information content (AvgIpc) is 2.88. The van der Waals surface area contributed by atoms with Gasteiger partial charge in [0, 0.05) is 26.7 Å². The molecular weight excluding hydrogens is 382 g/mol. The molecule has 0 spiro atoms. The maximum absolute atomic E-state index is 3.60. The van der Waals surface area contributed by atoms with E-state index in [0.29, 0.717) is 6.04 Å². The van der Waals surface area contributed by atoms with Crippen molar-refractivity contribution in [3.8, 4) is 0 Å². The van der Waals surface area contributed by atoms with Gasteiger partial charge in [-0.15, -0.1) is 22.7 Å². The summed E-state index contributed by atoms with van der Waals surface area (Å²) in [4.78, 5) is 2.79. The van der Waals surface area contributed by atoms with Crippen molar-refractivity contribution < 1.29 is 0 Å². The van der Waals surface area contributed by atoms with Crippen LogP contribution in [-0.4, -0.2) is 6.54 Å². The van der Waals surface area contributed by atoms with Gasteiger partial charge in [-0.3, -0.25) is 0 Å². The van der Waals surface area contributed by atoms with Gasteiger partial charge >= 0.3 is 0 Å².